The number of benzene rings is 1. The third-order valence-corrected chi connectivity index (χ3v) is 3.65. The van der Waals surface area contributed by atoms with Crippen molar-refractivity contribution in [1.82, 2.24) is 14.3 Å². The summed E-state index contributed by atoms with van der Waals surface area (Å²) in [5, 5.41) is 14.6. The summed E-state index contributed by atoms with van der Waals surface area (Å²) in [7, 11) is 3.16. The van der Waals surface area contributed by atoms with Crippen LogP contribution in [-0.2, 0) is 16.0 Å². The molecule has 0 aliphatic rings. The predicted molar refractivity (Wildman–Crippen MR) is 84.8 cm³/mol. The van der Waals surface area contributed by atoms with Crippen molar-refractivity contribution >= 4 is 10.9 Å². The molecule has 7 nitrogen and oxygen atoms in total. The first-order valence-electron chi connectivity index (χ1n) is 7.05. The first-order chi connectivity index (χ1) is 11.1. The number of nitrogens with zero attached hydrogens (tertiary/aromatic N) is 3. The van der Waals surface area contributed by atoms with Gasteiger partial charge >= 0.3 is 0 Å². The molecule has 0 amide bonds. The highest BCUT2D eigenvalue weighted by Crippen LogP contribution is 2.19. The van der Waals surface area contributed by atoms with Gasteiger partial charge in [0.25, 0.3) is 5.56 Å². The van der Waals surface area contributed by atoms with E-state index in [0.29, 0.717) is 12.2 Å². The molecule has 0 atom stereocenters. The summed E-state index contributed by atoms with van der Waals surface area (Å²) in [5.74, 6) is -0.0506. The van der Waals surface area contributed by atoms with Gasteiger partial charge in [0.2, 0.25) is 0 Å². The Morgan fingerprint density at radius 2 is 2.00 bits per heavy atom. The number of aromatic hydroxyl groups is 1. The minimum absolute atomic E-state index is 0.0506. The normalized spacial score (nSPS) is 11.4. The van der Waals surface area contributed by atoms with Gasteiger partial charge in [-0.15, -0.1) is 0 Å². The molecule has 120 valence electrons. The molecule has 3 rings (SSSR count). The van der Waals surface area contributed by atoms with E-state index >= 15 is 0 Å². The van der Waals surface area contributed by atoms with Crippen molar-refractivity contribution in [2.75, 3.05) is 14.2 Å². The lowest BCUT2D eigenvalue weighted by molar-refractivity contribution is -0.111. The average Bonchev–Trinajstić information content (AvgIpc) is 2.94. The van der Waals surface area contributed by atoms with E-state index in [9.17, 15) is 9.90 Å². The molecule has 2 aromatic heterocycles. The van der Waals surface area contributed by atoms with E-state index in [1.165, 1.54) is 22.9 Å². The number of rotatable bonds is 5. The van der Waals surface area contributed by atoms with Gasteiger partial charge < -0.3 is 14.6 Å². The second-order valence-electron chi connectivity index (χ2n) is 5.06. The van der Waals surface area contributed by atoms with Gasteiger partial charge in [0, 0.05) is 37.6 Å². The quantitative estimate of drug-likeness (QED) is 0.722. The molecule has 0 aliphatic heterocycles. The molecule has 2 heterocycles. The minimum atomic E-state index is -0.377. The smallest absolute Gasteiger partial charge is 0.258 e. The Bertz CT molecular complexity index is 880. The summed E-state index contributed by atoms with van der Waals surface area (Å²) in [5.41, 5.74) is 1.33. The van der Waals surface area contributed by atoms with E-state index in [4.69, 9.17) is 9.47 Å². The Morgan fingerprint density at radius 1 is 1.22 bits per heavy atom. The van der Waals surface area contributed by atoms with Gasteiger partial charge in [0.1, 0.15) is 5.75 Å². The van der Waals surface area contributed by atoms with Crippen LogP contribution < -0.4 is 5.56 Å². The first kappa shape index (κ1) is 15.3. The number of hydrogen-bond acceptors (Lipinski definition) is 5. The van der Waals surface area contributed by atoms with Crippen molar-refractivity contribution in [3.63, 3.8) is 0 Å². The highest BCUT2D eigenvalue weighted by Gasteiger charge is 2.11. The van der Waals surface area contributed by atoms with Gasteiger partial charge in [0.15, 0.2) is 6.29 Å². The van der Waals surface area contributed by atoms with E-state index in [2.05, 4.69) is 5.10 Å². The van der Waals surface area contributed by atoms with E-state index < -0.39 is 0 Å². The van der Waals surface area contributed by atoms with Gasteiger partial charge in [-0.3, -0.25) is 14.0 Å². The summed E-state index contributed by atoms with van der Waals surface area (Å²) in [6.45, 7) is 0.467. The third kappa shape index (κ3) is 2.96. The molecule has 7 heteroatoms. The second kappa shape index (κ2) is 6.23. The Labute approximate surface area is 132 Å². The van der Waals surface area contributed by atoms with Gasteiger partial charge in [-0.05, 0) is 24.3 Å². The molecule has 0 fully saturated rings. The van der Waals surface area contributed by atoms with Crippen LogP contribution in [0.4, 0.5) is 0 Å². The maximum absolute atomic E-state index is 12.0. The average molecular weight is 315 g/mol. The van der Waals surface area contributed by atoms with Gasteiger partial charge in [-0.1, -0.05) is 0 Å². The Kier molecular flexibility index (Phi) is 4.14. The molecular weight excluding hydrogens is 298 g/mol. The summed E-state index contributed by atoms with van der Waals surface area (Å²) in [6, 6.07) is 8.23. The predicted octanol–water partition coefficient (Wildman–Crippen LogP) is 1.51. The highest BCUT2D eigenvalue weighted by molar-refractivity contribution is 5.80. The molecule has 1 N–H and O–H groups in total. The molecule has 3 aromatic rings. The van der Waals surface area contributed by atoms with Crippen LogP contribution in [0.3, 0.4) is 0 Å². The van der Waals surface area contributed by atoms with E-state index in [1.54, 1.807) is 25.1 Å². The van der Waals surface area contributed by atoms with Gasteiger partial charge in [0.05, 0.1) is 18.3 Å². The third-order valence-electron chi connectivity index (χ3n) is 3.65. The number of pyridine rings is 1. The van der Waals surface area contributed by atoms with Crippen molar-refractivity contribution in [3.8, 4) is 11.4 Å². The van der Waals surface area contributed by atoms with E-state index in [-0.39, 0.29) is 17.6 Å². The summed E-state index contributed by atoms with van der Waals surface area (Å²) < 4.78 is 13.6. The molecular formula is C16H17N3O4. The lowest BCUT2D eigenvalue weighted by atomic mass is 10.2. The van der Waals surface area contributed by atoms with Crippen LogP contribution in [0.1, 0.15) is 0 Å². The molecule has 0 spiro atoms. The van der Waals surface area contributed by atoms with Crippen molar-refractivity contribution in [1.29, 1.82) is 0 Å². The fraction of sp³-hybridized carbons (Fsp3) is 0.250. The number of methoxy groups -OCH3 is 2. The van der Waals surface area contributed by atoms with Crippen molar-refractivity contribution in [2.45, 2.75) is 12.8 Å². The summed E-state index contributed by atoms with van der Waals surface area (Å²) in [6.07, 6.45) is 2.89. The number of ether oxygens (including phenoxy) is 2. The SMILES string of the molecule is COC(Cn1ncc2cc(-n3ccc(O)cc3=O)ccc21)OC. The van der Waals surface area contributed by atoms with Crippen LogP contribution in [0.15, 0.2) is 47.5 Å². The monoisotopic (exact) mass is 315 g/mol. The fourth-order valence-corrected chi connectivity index (χ4v) is 2.44. The zero-order chi connectivity index (χ0) is 16.4. The summed E-state index contributed by atoms with van der Waals surface area (Å²) >= 11 is 0. The van der Waals surface area contributed by atoms with Crippen LogP contribution in [0, 0.1) is 0 Å². The largest absolute Gasteiger partial charge is 0.508 e. The minimum Gasteiger partial charge on any atom is -0.508 e. The van der Waals surface area contributed by atoms with Crippen LogP contribution >= 0.6 is 0 Å². The van der Waals surface area contributed by atoms with E-state index in [0.717, 1.165) is 10.9 Å². The van der Waals surface area contributed by atoms with Gasteiger partial charge in [-0.25, -0.2) is 0 Å². The van der Waals surface area contributed by atoms with Crippen LogP contribution in [0.2, 0.25) is 0 Å². The topological polar surface area (TPSA) is 78.5 Å². The van der Waals surface area contributed by atoms with E-state index in [1.807, 2.05) is 18.2 Å². The zero-order valence-corrected chi connectivity index (χ0v) is 12.8. The number of aromatic nitrogens is 3. The lowest BCUT2D eigenvalue weighted by Gasteiger charge is -2.14. The van der Waals surface area contributed by atoms with Crippen molar-refractivity contribution in [3.05, 3.63) is 53.1 Å². The Balaban J connectivity index is 1.99. The van der Waals surface area contributed by atoms with Gasteiger partial charge in [-0.2, -0.15) is 5.10 Å². The molecule has 23 heavy (non-hydrogen) atoms. The molecule has 0 bridgehead atoms. The Hall–Kier alpha value is -2.64. The Morgan fingerprint density at radius 3 is 2.70 bits per heavy atom. The van der Waals surface area contributed by atoms with Crippen molar-refractivity contribution < 1.29 is 14.6 Å². The number of hydrogen-bond donors (Lipinski definition) is 1. The molecule has 0 aliphatic carbocycles. The number of fused-ring (bicyclic) bond motifs is 1. The van der Waals surface area contributed by atoms with Crippen LogP contribution in [0.5, 0.6) is 5.75 Å². The zero-order valence-electron chi connectivity index (χ0n) is 12.8. The van der Waals surface area contributed by atoms with Crippen molar-refractivity contribution in [2.24, 2.45) is 0 Å². The maximum atomic E-state index is 12.0. The second-order valence-corrected chi connectivity index (χ2v) is 5.06. The van der Waals surface area contributed by atoms with Crippen LogP contribution in [-0.4, -0.2) is 40.0 Å². The fourth-order valence-electron chi connectivity index (χ4n) is 2.44. The molecule has 0 radical (unpaired) electrons. The molecule has 0 unspecified atom stereocenters. The van der Waals surface area contributed by atoms with Crippen LogP contribution in [0.25, 0.3) is 16.6 Å². The first-order valence-corrected chi connectivity index (χ1v) is 7.05. The lowest BCUT2D eigenvalue weighted by Crippen LogP contribution is -2.21. The molecule has 1 aromatic carbocycles. The molecule has 0 saturated carbocycles. The maximum Gasteiger partial charge on any atom is 0.258 e. The summed E-state index contributed by atoms with van der Waals surface area (Å²) in [4.78, 5) is 12.0. The standard InChI is InChI=1S/C16H17N3O4/c1-22-16(23-2)10-19-14-4-3-12(7-11(14)9-17-19)18-6-5-13(20)8-15(18)21/h3-9,16,20H,10H2,1-2H3. The highest BCUT2D eigenvalue weighted by atomic mass is 16.7. The molecule has 0 saturated heterocycles.